The minimum atomic E-state index is 0. The SMILES string of the molecule is C1CCOC1.C1CCOC1.C1CCOC1.C1CCOC1.[Fe+2].[Fe+2].[O-]c1c(-c2ccccc2)cccc1-c1ccccc1.[O-]c1c(-c2ccccc2)cccc1-c1ccccc1.[O-]c1c(-c2ccccc2)cccc1-c1ccccc1.[O-]c1c(-c2ccccc2)cccc1-c1ccccc1. The summed E-state index contributed by atoms with van der Waals surface area (Å²) in [5.74, 6) is 0.333. The molecule has 0 aliphatic carbocycles. The van der Waals surface area contributed by atoms with Gasteiger partial charge in [-0.1, -0.05) is 338 Å². The maximum Gasteiger partial charge on any atom is 2.00 e. The van der Waals surface area contributed by atoms with Crippen LogP contribution < -0.4 is 20.4 Å². The zero-order chi connectivity index (χ0) is 66.5. The normalized spacial score (nSPS) is 12.9. The average molecular weight is 1380 g/mol. The molecule has 0 spiro atoms. The molecule has 0 amide bonds. The minimum absolute atomic E-state index is 0. The van der Waals surface area contributed by atoms with Crippen LogP contribution in [0.3, 0.4) is 0 Å². The fraction of sp³-hybridized carbons (Fsp3) is 0.182. The second-order valence-electron chi connectivity index (χ2n) is 22.9. The summed E-state index contributed by atoms with van der Waals surface area (Å²) >= 11 is 0. The van der Waals surface area contributed by atoms with Crippen molar-refractivity contribution in [2.45, 2.75) is 51.4 Å². The molecule has 4 aliphatic rings. The first-order chi connectivity index (χ1) is 47.4. The van der Waals surface area contributed by atoms with Crippen molar-refractivity contribution in [1.82, 2.24) is 0 Å². The van der Waals surface area contributed by atoms with E-state index in [1.165, 1.54) is 51.4 Å². The fourth-order valence-electron chi connectivity index (χ4n) is 10.9. The van der Waals surface area contributed by atoms with E-state index in [0.29, 0.717) is 0 Å². The van der Waals surface area contributed by atoms with Crippen molar-refractivity contribution in [2.24, 2.45) is 0 Å². The smallest absolute Gasteiger partial charge is 0.872 e. The molecule has 0 bridgehead atoms. The second kappa shape index (κ2) is 43.8. The van der Waals surface area contributed by atoms with E-state index >= 15 is 0 Å². The van der Waals surface area contributed by atoms with Gasteiger partial charge in [-0.15, -0.1) is 0 Å². The van der Waals surface area contributed by atoms with Gasteiger partial charge in [0.15, 0.2) is 0 Å². The molecule has 0 atom stereocenters. The summed E-state index contributed by atoms with van der Waals surface area (Å²) in [5.41, 5.74) is 13.7. The summed E-state index contributed by atoms with van der Waals surface area (Å²) < 4.78 is 19.8. The van der Waals surface area contributed by atoms with Crippen LogP contribution in [0.25, 0.3) is 89.0 Å². The molecule has 0 saturated carbocycles. The van der Waals surface area contributed by atoms with Crippen molar-refractivity contribution in [3.63, 3.8) is 0 Å². The number of rotatable bonds is 8. The molecule has 0 radical (unpaired) electrons. The molecule has 0 N–H and O–H groups in total. The van der Waals surface area contributed by atoms with E-state index in [-0.39, 0.29) is 57.1 Å². The molecule has 12 aromatic carbocycles. The molecule has 4 fully saturated rings. The summed E-state index contributed by atoms with van der Waals surface area (Å²) in [6, 6.07) is 101. The Morgan fingerprint density at radius 2 is 0.265 bits per heavy atom. The van der Waals surface area contributed by atoms with Crippen molar-refractivity contribution in [2.75, 3.05) is 52.9 Å². The van der Waals surface area contributed by atoms with Gasteiger partial charge in [0.25, 0.3) is 0 Å². The van der Waals surface area contributed by atoms with Gasteiger partial charge in [0.05, 0.1) is 0 Å². The van der Waals surface area contributed by atoms with Crippen LogP contribution in [0.1, 0.15) is 51.4 Å². The summed E-state index contributed by atoms with van der Waals surface area (Å²) in [5, 5.41) is 50.3. The molecule has 8 nitrogen and oxygen atoms in total. The standard InChI is InChI=1S/4C18H14O.4C4H8O.2Fe/c4*19-18-16(14-8-3-1-4-9-14)12-7-13-17(18)15-10-5-2-6-11-15;4*1-2-4-5-3-1;;/h4*1-13,19H;4*1-4H2;;/q;;;;;;;;2*+2/p-4. The molecule has 98 heavy (non-hydrogen) atoms. The van der Waals surface area contributed by atoms with Crippen molar-refractivity contribution >= 4 is 0 Å². The maximum atomic E-state index is 12.6. The van der Waals surface area contributed by atoms with Crippen LogP contribution in [0.15, 0.2) is 315 Å². The van der Waals surface area contributed by atoms with E-state index in [4.69, 9.17) is 18.9 Å². The Hall–Kier alpha value is -9.28. The van der Waals surface area contributed by atoms with Gasteiger partial charge in [-0.05, 0) is 140 Å². The molecule has 0 aromatic heterocycles. The Bertz CT molecular complexity index is 3280. The summed E-state index contributed by atoms with van der Waals surface area (Å²) in [6.45, 7) is 8.00. The van der Waals surface area contributed by atoms with Crippen molar-refractivity contribution in [3.05, 3.63) is 315 Å². The van der Waals surface area contributed by atoms with Gasteiger partial charge < -0.3 is 39.4 Å². The molecular weight excluding hydrogens is 1300 g/mol. The van der Waals surface area contributed by atoms with Crippen LogP contribution in [0, 0.1) is 0 Å². The molecule has 16 rings (SSSR count). The predicted octanol–water partition coefficient (Wildman–Crippen LogP) is 19.6. The number of hydrogen-bond donors (Lipinski definition) is 0. The minimum Gasteiger partial charge on any atom is -0.872 e. The Morgan fingerprint density at radius 1 is 0.153 bits per heavy atom. The van der Waals surface area contributed by atoms with Crippen LogP contribution >= 0.6 is 0 Å². The first kappa shape index (κ1) is 76.1. The first-order valence-corrected chi connectivity index (χ1v) is 33.4. The Kier molecular flexibility index (Phi) is 34.0. The molecule has 12 aromatic rings. The summed E-state index contributed by atoms with van der Waals surface area (Å²) in [7, 11) is 0. The van der Waals surface area contributed by atoms with E-state index < -0.39 is 0 Å². The van der Waals surface area contributed by atoms with Crippen LogP contribution in [0.5, 0.6) is 23.0 Å². The molecular formula is C88H84Fe2O8. The number of ether oxygens (including phenoxy) is 4. The topological polar surface area (TPSA) is 129 Å². The third-order valence-electron chi connectivity index (χ3n) is 16.0. The zero-order valence-electron chi connectivity index (χ0n) is 55.3. The van der Waals surface area contributed by atoms with Crippen molar-refractivity contribution in [3.8, 4) is 112 Å². The van der Waals surface area contributed by atoms with Crippen molar-refractivity contribution < 1.29 is 73.5 Å². The summed E-state index contributed by atoms with van der Waals surface area (Å²) in [6.07, 6.45) is 10.2. The van der Waals surface area contributed by atoms with Gasteiger partial charge in [-0.25, -0.2) is 0 Å². The van der Waals surface area contributed by atoms with E-state index in [9.17, 15) is 20.4 Å². The summed E-state index contributed by atoms with van der Waals surface area (Å²) in [4.78, 5) is 0. The van der Waals surface area contributed by atoms with Crippen molar-refractivity contribution in [1.29, 1.82) is 0 Å². The third-order valence-corrected chi connectivity index (χ3v) is 16.0. The van der Waals surface area contributed by atoms with Crippen LogP contribution in [0.4, 0.5) is 0 Å². The first-order valence-electron chi connectivity index (χ1n) is 33.4. The van der Waals surface area contributed by atoms with Gasteiger partial charge >= 0.3 is 34.1 Å². The predicted molar refractivity (Wildman–Crippen MR) is 387 cm³/mol. The molecule has 0 unspecified atom stereocenters. The molecule has 4 saturated heterocycles. The zero-order valence-corrected chi connectivity index (χ0v) is 57.5. The van der Waals surface area contributed by atoms with Crippen LogP contribution in [-0.4, -0.2) is 52.9 Å². The average Bonchev–Trinajstić information content (AvgIpc) is 1.18. The monoisotopic (exact) mass is 1380 g/mol. The molecule has 500 valence electrons. The largest absolute Gasteiger partial charge is 2.00 e. The fourth-order valence-corrected chi connectivity index (χ4v) is 10.9. The van der Waals surface area contributed by atoms with Crippen LogP contribution in [-0.2, 0) is 53.1 Å². The molecule has 4 aliphatic heterocycles. The molecule has 10 heteroatoms. The number of hydrogen-bond acceptors (Lipinski definition) is 8. The van der Waals surface area contributed by atoms with Gasteiger partial charge in [0.2, 0.25) is 0 Å². The van der Waals surface area contributed by atoms with E-state index in [0.717, 1.165) is 142 Å². The maximum absolute atomic E-state index is 12.6. The number of benzene rings is 12. The Morgan fingerprint density at radius 3 is 0.357 bits per heavy atom. The van der Waals surface area contributed by atoms with Gasteiger partial charge in [0, 0.05) is 52.9 Å². The van der Waals surface area contributed by atoms with E-state index in [1.54, 1.807) is 0 Å². The van der Waals surface area contributed by atoms with Gasteiger partial charge in [-0.3, -0.25) is 0 Å². The number of para-hydroxylation sites is 4. The van der Waals surface area contributed by atoms with E-state index in [1.807, 2.05) is 315 Å². The molecule has 4 heterocycles. The van der Waals surface area contributed by atoms with Crippen LogP contribution in [0.2, 0.25) is 0 Å². The Labute approximate surface area is 601 Å². The Balaban J connectivity index is 0.000000166. The third kappa shape index (κ3) is 24.1. The van der Waals surface area contributed by atoms with Gasteiger partial charge in [-0.2, -0.15) is 0 Å². The second-order valence-corrected chi connectivity index (χ2v) is 22.9. The van der Waals surface area contributed by atoms with E-state index in [2.05, 4.69) is 0 Å². The van der Waals surface area contributed by atoms with Gasteiger partial charge in [0.1, 0.15) is 0 Å². The quantitative estimate of drug-likeness (QED) is 0.138.